The molecule has 1 rings (SSSR count). The lowest BCUT2D eigenvalue weighted by atomic mass is 10.0. The quantitative estimate of drug-likeness (QED) is 0.727. The second-order valence-electron chi connectivity index (χ2n) is 3.50. The highest BCUT2D eigenvalue weighted by Crippen LogP contribution is 2.23. The predicted molar refractivity (Wildman–Crippen MR) is 56.8 cm³/mol. The second-order valence-corrected chi connectivity index (χ2v) is 3.50. The van der Waals surface area contributed by atoms with Crippen LogP contribution in [0.15, 0.2) is 24.3 Å². The van der Waals surface area contributed by atoms with E-state index in [0.717, 1.165) is 5.56 Å². The number of hydrogen-bond donors (Lipinski definition) is 2. The van der Waals surface area contributed by atoms with Gasteiger partial charge in [-0.1, -0.05) is 32.0 Å². The summed E-state index contributed by atoms with van der Waals surface area (Å²) >= 11 is 0. The van der Waals surface area contributed by atoms with Crippen molar-refractivity contribution in [1.29, 1.82) is 0 Å². The van der Waals surface area contributed by atoms with E-state index in [1.165, 1.54) is 0 Å². The molecule has 1 aromatic rings. The van der Waals surface area contributed by atoms with Crippen molar-refractivity contribution in [2.75, 3.05) is 5.32 Å². The third-order valence-electron chi connectivity index (χ3n) is 2.03. The van der Waals surface area contributed by atoms with E-state index in [1.54, 1.807) is 12.1 Å². The Labute approximate surface area is 87.9 Å². The van der Waals surface area contributed by atoms with Gasteiger partial charge in [0.25, 0.3) is 0 Å². The predicted octanol–water partition coefficient (Wildman–Crippen LogP) is 1.83. The molecule has 0 unspecified atom stereocenters. The van der Waals surface area contributed by atoms with Crippen molar-refractivity contribution < 1.29 is 14.7 Å². The van der Waals surface area contributed by atoms with Crippen molar-refractivity contribution in [3.63, 3.8) is 0 Å². The third kappa shape index (κ3) is 2.80. The standard InChI is InChI=1S/C11H13NO3/c1-7(2)8-5-3-4-6-9(8)12-10(13)11(14)15/h3-7H,1-2H3,(H,12,13)(H,14,15). The van der Waals surface area contributed by atoms with E-state index in [2.05, 4.69) is 5.32 Å². The molecule has 0 saturated heterocycles. The van der Waals surface area contributed by atoms with Gasteiger partial charge in [0.15, 0.2) is 0 Å². The van der Waals surface area contributed by atoms with Crippen LogP contribution < -0.4 is 5.32 Å². The molecular formula is C11H13NO3. The summed E-state index contributed by atoms with van der Waals surface area (Å²) in [7, 11) is 0. The van der Waals surface area contributed by atoms with Gasteiger partial charge in [-0.15, -0.1) is 0 Å². The summed E-state index contributed by atoms with van der Waals surface area (Å²) in [5.41, 5.74) is 1.48. The van der Waals surface area contributed by atoms with Crippen LogP contribution >= 0.6 is 0 Å². The van der Waals surface area contributed by atoms with Crippen LogP contribution in [0.4, 0.5) is 5.69 Å². The van der Waals surface area contributed by atoms with E-state index < -0.39 is 11.9 Å². The van der Waals surface area contributed by atoms with E-state index in [1.807, 2.05) is 26.0 Å². The Bertz CT molecular complexity index is 385. The Balaban J connectivity index is 2.94. The fraction of sp³-hybridized carbons (Fsp3) is 0.273. The van der Waals surface area contributed by atoms with Crippen LogP contribution in [-0.4, -0.2) is 17.0 Å². The van der Waals surface area contributed by atoms with Gasteiger partial charge in [0.2, 0.25) is 0 Å². The van der Waals surface area contributed by atoms with Crippen LogP contribution in [0, 0.1) is 0 Å². The molecular weight excluding hydrogens is 194 g/mol. The van der Waals surface area contributed by atoms with Crippen molar-refractivity contribution >= 4 is 17.6 Å². The molecule has 0 saturated carbocycles. The van der Waals surface area contributed by atoms with Gasteiger partial charge in [-0.2, -0.15) is 0 Å². The summed E-state index contributed by atoms with van der Waals surface area (Å²) in [5, 5.41) is 10.8. The zero-order valence-corrected chi connectivity index (χ0v) is 8.65. The first kappa shape index (κ1) is 11.2. The molecule has 0 aliphatic heterocycles. The third-order valence-corrected chi connectivity index (χ3v) is 2.03. The zero-order valence-electron chi connectivity index (χ0n) is 8.65. The van der Waals surface area contributed by atoms with Gasteiger partial charge in [0.05, 0.1) is 0 Å². The normalized spacial score (nSPS) is 10.1. The molecule has 1 aromatic carbocycles. The fourth-order valence-corrected chi connectivity index (χ4v) is 1.29. The molecule has 0 aromatic heterocycles. The van der Waals surface area contributed by atoms with Crippen molar-refractivity contribution in [2.24, 2.45) is 0 Å². The number of carboxylic acid groups (broad SMARTS) is 1. The SMILES string of the molecule is CC(C)c1ccccc1NC(=O)C(=O)O. The van der Waals surface area contributed by atoms with E-state index in [4.69, 9.17) is 5.11 Å². The molecule has 15 heavy (non-hydrogen) atoms. The van der Waals surface area contributed by atoms with E-state index in [0.29, 0.717) is 5.69 Å². The molecule has 1 amide bonds. The number of carboxylic acids is 1. The van der Waals surface area contributed by atoms with Crippen LogP contribution in [-0.2, 0) is 9.59 Å². The molecule has 0 aliphatic carbocycles. The van der Waals surface area contributed by atoms with Gasteiger partial charge in [0, 0.05) is 5.69 Å². The van der Waals surface area contributed by atoms with Crippen LogP contribution in [0.3, 0.4) is 0 Å². The van der Waals surface area contributed by atoms with Crippen molar-refractivity contribution in [2.45, 2.75) is 19.8 Å². The zero-order chi connectivity index (χ0) is 11.4. The van der Waals surface area contributed by atoms with Crippen LogP contribution in [0.5, 0.6) is 0 Å². The van der Waals surface area contributed by atoms with Crippen molar-refractivity contribution in [1.82, 2.24) is 0 Å². The first-order valence-electron chi connectivity index (χ1n) is 4.65. The van der Waals surface area contributed by atoms with E-state index >= 15 is 0 Å². The molecule has 0 bridgehead atoms. The summed E-state index contributed by atoms with van der Waals surface area (Å²) < 4.78 is 0. The van der Waals surface area contributed by atoms with Gasteiger partial charge in [-0.25, -0.2) is 4.79 Å². The molecule has 4 nitrogen and oxygen atoms in total. The number of amides is 1. The number of carbonyl (C=O) groups excluding carboxylic acids is 1. The van der Waals surface area contributed by atoms with Crippen LogP contribution in [0.1, 0.15) is 25.3 Å². The summed E-state index contributed by atoms with van der Waals surface area (Å²) in [6.07, 6.45) is 0. The number of rotatable bonds is 2. The number of para-hydroxylation sites is 1. The summed E-state index contributed by atoms with van der Waals surface area (Å²) in [6, 6.07) is 7.16. The first-order chi connectivity index (χ1) is 7.02. The molecule has 0 radical (unpaired) electrons. The Morgan fingerprint density at radius 3 is 2.40 bits per heavy atom. The molecule has 2 N–H and O–H groups in total. The summed E-state index contributed by atoms with van der Waals surface area (Å²) in [5.74, 6) is -2.26. The van der Waals surface area contributed by atoms with Gasteiger partial charge in [-0.3, -0.25) is 4.79 Å². The number of anilines is 1. The van der Waals surface area contributed by atoms with E-state index in [9.17, 15) is 9.59 Å². The van der Waals surface area contributed by atoms with Gasteiger partial charge in [-0.05, 0) is 17.5 Å². The summed E-state index contributed by atoms with van der Waals surface area (Å²) in [4.78, 5) is 21.3. The number of benzene rings is 1. The maximum absolute atomic E-state index is 11.0. The Hall–Kier alpha value is -1.84. The first-order valence-corrected chi connectivity index (χ1v) is 4.65. The largest absolute Gasteiger partial charge is 0.474 e. The molecule has 80 valence electrons. The number of carbonyl (C=O) groups is 2. The van der Waals surface area contributed by atoms with Crippen molar-refractivity contribution in [3.05, 3.63) is 29.8 Å². The molecule has 0 aliphatic rings. The summed E-state index contributed by atoms with van der Waals surface area (Å²) in [6.45, 7) is 3.96. The van der Waals surface area contributed by atoms with Gasteiger partial charge >= 0.3 is 11.9 Å². The highest BCUT2D eigenvalue weighted by atomic mass is 16.4. The lowest BCUT2D eigenvalue weighted by Gasteiger charge is -2.12. The van der Waals surface area contributed by atoms with Crippen LogP contribution in [0.25, 0.3) is 0 Å². The molecule has 4 heteroatoms. The Morgan fingerprint density at radius 1 is 1.27 bits per heavy atom. The number of aliphatic carboxylic acids is 1. The molecule has 0 spiro atoms. The minimum Gasteiger partial charge on any atom is -0.474 e. The average Bonchev–Trinajstić information content (AvgIpc) is 2.18. The smallest absolute Gasteiger partial charge is 0.394 e. The topological polar surface area (TPSA) is 66.4 Å². The van der Waals surface area contributed by atoms with Gasteiger partial charge in [0.1, 0.15) is 0 Å². The van der Waals surface area contributed by atoms with E-state index in [-0.39, 0.29) is 5.92 Å². The highest BCUT2D eigenvalue weighted by Gasteiger charge is 2.13. The minimum absolute atomic E-state index is 0.232. The fourth-order valence-electron chi connectivity index (χ4n) is 1.29. The lowest BCUT2D eigenvalue weighted by Crippen LogP contribution is -2.22. The highest BCUT2D eigenvalue weighted by molar-refractivity contribution is 6.36. The Kier molecular flexibility index (Phi) is 3.44. The monoisotopic (exact) mass is 207 g/mol. The maximum Gasteiger partial charge on any atom is 0.394 e. The molecule has 0 atom stereocenters. The minimum atomic E-state index is -1.48. The lowest BCUT2D eigenvalue weighted by molar-refractivity contribution is -0.147. The second kappa shape index (κ2) is 4.59. The molecule has 0 fully saturated rings. The van der Waals surface area contributed by atoms with Crippen molar-refractivity contribution in [3.8, 4) is 0 Å². The number of nitrogens with one attached hydrogen (secondary N) is 1. The molecule has 0 heterocycles. The average molecular weight is 207 g/mol. The van der Waals surface area contributed by atoms with Gasteiger partial charge < -0.3 is 10.4 Å². The maximum atomic E-state index is 11.0. The number of hydrogen-bond acceptors (Lipinski definition) is 2. The van der Waals surface area contributed by atoms with Crippen LogP contribution in [0.2, 0.25) is 0 Å². The Morgan fingerprint density at radius 2 is 1.87 bits per heavy atom.